The molecule has 0 saturated carbocycles. The first-order chi connectivity index (χ1) is 5.79. The molecule has 0 amide bonds. The molecule has 4 nitrogen and oxygen atoms in total. The highest BCUT2D eigenvalue weighted by Gasteiger charge is 2.07. The van der Waals surface area contributed by atoms with E-state index in [0.29, 0.717) is 0 Å². The molecule has 0 spiro atoms. The van der Waals surface area contributed by atoms with Gasteiger partial charge in [0.1, 0.15) is 6.17 Å². The second kappa shape index (κ2) is 4.18. The van der Waals surface area contributed by atoms with Crippen LogP contribution < -0.4 is 22.5 Å². The minimum atomic E-state index is -0.189. The Kier molecular flexibility index (Phi) is 3.19. The van der Waals surface area contributed by atoms with E-state index in [0.717, 1.165) is 11.1 Å². The van der Waals surface area contributed by atoms with Crippen LogP contribution in [-0.4, -0.2) is 0 Å². The van der Waals surface area contributed by atoms with E-state index in [9.17, 15) is 0 Å². The Labute approximate surface area is 71.9 Å². The van der Waals surface area contributed by atoms with Gasteiger partial charge in [-0.05, 0) is 18.1 Å². The normalized spacial score (nSPS) is 10.7. The van der Waals surface area contributed by atoms with Crippen molar-refractivity contribution in [2.24, 2.45) is 11.7 Å². The van der Waals surface area contributed by atoms with Gasteiger partial charge in [0.15, 0.2) is 0 Å². The second-order valence-corrected chi connectivity index (χ2v) is 2.62. The summed E-state index contributed by atoms with van der Waals surface area (Å²) in [5.41, 5.74) is 7.35. The number of hydrogen-bond acceptors (Lipinski definition) is 4. The molecule has 0 aliphatic rings. The second-order valence-electron chi connectivity index (χ2n) is 2.62. The summed E-state index contributed by atoms with van der Waals surface area (Å²) in [4.78, 5) is 0. The van der Waals surface area contributed by atoms with Crippen LogP contribution in [0.25, 0.3) is 0 Å². The highest BCUT2D eigenvalue weighted by Crippen LogP contribution is 2.12. The van der Waals surface area contributed by atoms with E-state index >= 15 is 0 Å². The number of hydrogen-bond donors (Lipinski definition) is 4. The smallest absolute Gasteiger partial charge is 0.108 e. The van der Waals surface area contributed by atoms with E-state index in [1.54, 1.807) is 0 Å². The van der Waals surface area contributed by atoms with Crippen molar-refractivity contribution in [3.63, 3.8) is 0 Å². The summed E-state index contributed by atoms with van der Waals surface area (Å²) in [5, 5.41) is 0. The predicted octanol–water partition coefficient (Wildman–Crippen LogP) is -0.0798. The SMILES string of the molecule is Cc1ccccc1C(NN)NN. The van der Waals surface area contributed by atoms with Crippen molar-refractivity contribution in [2.45, 2.75) is 13.1 Å². The Morgan fingerprint density at radius 2 is 1.75 bits per heavy atom. The molecule has 0 unspecified atom stereocenters. The third kappa shape index (κ3) is 1.80. The summed E-state index contributed by atoms with van der Waals surface area (Å²) in [6.45, 7) is 2.01. The third-order valence-corrected chi connectivity index (χ3v) is 1.83. The Morgan fingerprint density at radius 3 is 2.25 bits per heavy atom. The largest absolute Gasteiger partial charge is 0.270 e. The predicted molar refractivity (Wildman–Crippen MR) is 48.6 cm³/mol. The lowest BCUT2D eigenvalue weighted by Gasteiger charge is -2.16. The van der Waals surface area contributed by atoms with Gasteiger partial charge in [-0.1, -0.05) is 24.3 Å². The summed E-state index contributed by atoms with van der Waals surface area (Å²) < 4.78 is 0. The maximum absolute atomic E-state index is 5.29. The van der Waals surface area contributed by atoms with Crippen LogP contribution in [0.4, 0.5) is 0 Å². The van der Waals surface area contributed by atoms with Crippen molar-refractivity contribution >= 4 is 0 Å². The van der Waals surface area contributed by atoms with E-state index in [-0.39, 0.29) is 6.17 Å². The monoisotopic (exact) mass is 166 g/mol. The summed E-state index contributed by atoms with van der Waals surface area (Å²) >= 11 is 0. The molecular weight excluding hydrogens is 152 g/mol. The minimum absolute atomic E-state index is 0.189. The zero-order chi connectivity index (χ0) is 8.97. The van der Waals surface area contributed by atoms with Gasteiger partial charge in [-0.2, -0.15) is 0 Å². The lowest BCUT2D eigenvalue weighted by Crippen LogP contribution is -2.42. The van der Waals surface area contributed by atoms with Gasteiger partial charge in [0.25, 0.3) is 0 Å². The number of aryl methyl sites for hydroxylation is 1. The summed E-state index contributed by atoms with van der Waals surface area (Å²) in [6, 6.07) is 7.91. The zero-order valence-electron chi connectivity index (χ0n) is 7.04. The molecule has 12 heavy (non-hydrogen) atoms. The molecule has 0 radical (unpaired) electrons. The number of rotatable bonds is 3. The molecular formula is C8H14N4. The van der Waals surface area contributed by atoms with E-state index in [1.807, 2.05) is 31.2 Å². The van der Waals surface area contributed by atoms with Gasteiger partial charge in [-0.15, -0.1) is 0 Å². The molecule has 6 N–H and O–H groups in total. The van der Waals surface area contributed by atoms with E-state index in [4.69, 9.17) is 11.7 Å². The molecule has 0 aliphatic carbocycles. The summed E-state index contributed by atoms with van der Waals surface area (Å²) in [5.74, 6) is 10.6. The van der Waals surface area contributed by atoms with Crippen LogP contribution in [0.15, 0.2) is 24.3 Å². The van der Waals surface area contributed by atoms with Crippen LogP contribution >= 0.6 is 0 Å². The number of nitrogens with two attached hydrogens (primary N) is 2. The fourth-order valence-corrected chi connectivity index (χ4v) is 1.14. The van der Waals surface area contributed by atoms with E-state index in [2.05, 4.69) is 10.9 Å². The molecule has 66 valence electrons. The van der Waals surface area contributed by atoms with Crippen LogP contribution in [0.3, 0.4) is 0 Å². The summed E-state index contributed by atoms with van der Waals surface area (Å²) in [6.07, 6.45) is -0.189. The number of nitrogens with one attached hydrogen (secondary N) is 2. The Balaban J connectivity index is 2.92. The third-order valence-electron chi connectivity index (χ3n) is 1.83. The van der Waals surface area contributed by atoms with Crippen molar-refractivity contribution in [2.75, 3.05) is 0 Å². The fraction of sp³-hybridized carbons (Fsp3) is 0.250. The number of hydrazine groups is 2. The van der Waals surface area contributed by atoms with Crippen molar-refractivity contribution < 1.29 is 0 Å². The molecule has 0 aliphatic heterocycles. The molecule has 1 aromatic rings. The fourth-order valence-electron chi connectivity index (χ4n) is 1.14. The maximum Gasteiger partial charge on any atom is 0.108 e. The lowest BCUT2D eigenvalue weighted by molar-refractivity contribution is 0.459. The zero-order valence-corrected chi connectivity index (χ0v) is 7.04. The lowest BCUT2D eigenvalue weighted by atomic mass is 10.1. The number of benzene rings is 1. The van der Waals surface area contributed by atoms with Gasteiger partial charge in [0.2, 0.25) is 0 Å². The first-order valence-electron chi connectivity index (χ1n) is 3.77. The first kappa shape index (κ1) is 9.15. The van der Waals surface area contributed by atoms with Crippen molar-refractivity contribution in [1.29, 1.82) is 0 Å². The average Bonchev–Trinajstić information content (AvgIpc) is 2.10. The van der Waals surface area contributed by atoms with Crippen molar-refractivity contribution in [3.05, 3.63) is 35.4 Å². The Morgan fingerprint density at radius 1 is 1.17 bits per heavy atom. The Bertz CT molecular complexity index is 245. The quantitative estimate of drug-likeness (QED) is 0.288. The van der Waals surface area contributed by atoms with Gasteiger partial charge in [0.05, 0.1) is 0 Å². The highest BCUT2D eigenvalue weighted by atomic mass is 15.4. The van der Waals surface area contributed by atoms with Crippen molar-refractivity contribution in [1.82, 2.24) is 10.9 Å². The van der Waals surface area contributed by atoms with Crippen LogP contribution in [0.2, 0.25) is 0 Å². The highest BCUT2D eigenvalue weighted by molar-refractivity contribution is 5.27. The van der Waals surface area contributed by atoms with Crippen LogP contribution in [-0.2, 0) is 0 Å². The van der Waals surface area contributed by atoms with Gasteiger partial charge >= 0.3 is 0 Å². The molecule has 1 rings (SSSR count). The van der Waals surface area contributed by atoms with Crippen LogP contribution in [0.5, 0.6) is 0 Å². The maximum atomic E-state index is 5.29. The van der Waals surface area contributed by atoms with E-state index in [1.165, 1.54) is 0 Å². The van der Waals surface area contributed by atoms with Crippen molar-refractivity contribution in [3.8, 4) is 0 Å². The van der Waals surface area contributed by atoms with Gasteiger partial charge in [0, 0.05) is 0 Å². The standard InChI is InChI=1S/C8H14N4/c1-6-4-2-3-5-7(6)8(11-9)12-10/h2-5,8,11-12H,9-10H2,1H3. The first-order valence-corrected chi connectivity index (χ1v) is 3.77. The summed E-state index contributed by atoms with van der Waals surface area (Å²) in [7, 11) is 0. The molecule has 4 heteroatoms. The molecule has 0 atom stereocenters. The average molecular weight is 166 g/mol. The molecule has 0 bridgehead atoms. The molecule has 0 aromatic heterocycles. The molecule has 0 heterocycles. The van der Waals surface area contributed by atoms with Gasteiger partial charge < -0.3 is 0 Å². The van der Waals surface area contributed by atoms with Gasteiger partial charge in [-0.3, -0.25) is 11.7 Å². The molecule has 0 saturated heterocycles. The van der Waals surface area contributed by atoms with Crippen LogP contribution in [0.1, 0.15) is 17.3 Å². The Hall–Kier alpha value is -0.940. The molecule has 0 fully saturated rings. The minimum Gasteiger partial charge on any atom is -0.270 e. The van der Waals surface area contributed by atoms with E-state index < -0.39 is 0 Å². The van der Waals surface area contributed by atoms with Crippen LogP contribution in [0, 0.1) is 6.92 Å². The topological polar surface area (TPSA) is 76.1 Å². The van der Waals surface area contributed by atoms with Gasteiger partial charge in [-0.25, -0.2) is 10.9 Å². The molecule has 1 aromatic carbocycles.